The quantitative estimate of drug-likeness (QED) is 0.517. The third-order valence-corrected chi connectivity index (χ3v) is 9.28. The molecule has 188 valence electrons. The molecule has 1 N–H and O–H groups in total. The van der Waals surface area contributed by atoms with Gasteiger partial charge in [-0.3, -0.25) is 14.4 Å². The molecule has 0 bridgehead atoms. The molecule has 0 saturated heterocycles. The number of carboxylic acids is 1. The lowest BCUT2D eigenvalue weighted by atomic mass is 9.52. The van der Waals surface area contributed by atoms with E-state index in [2.05, 4.69) is 13.8 Å². The van der Waals surface area contributed by atoms with E-state index in [-0.39, 0.29) is 36.6 Å². The van der Waals surface area contributed by atoms with Crippen molar-refractivity contribution >= 4 is 23.7 Å². The minimum atomic E-state index is -0.959. The molecule has 3 fully saturated rings. The summed E-state index contributed by atoms with van der Waals surface area (Å²) in [4.78, 5) is 47.0. The van der Waals surface area contributed by atoms with E-state index in [1.54, 1.807) is 0 Å². The summed E-state index contributed by atoms with van der Waals surface area (Å²) in [5.41, 5.74) is 1.30. The fourth-order valence-electron chi connectivity index (χ4n) is 7.70. The van der Waals surface area contributed by atoms with Crippen molar-refractivity contribution in [3.05, 3.63) is 11.6 Å². The third-order valence-electron chi connectivity index (χ3n) is 9.28. The smallest absolute Gasteiger partial charge is 0.344 e. The van der Waals surface area contributed by atoms with Crippen LogP contribution in [0.4, 0.5) is 0 Å². The zero-order valence-corrected chi connectivity index (χ0v) is 20.4. The molecule has 0 aliphatic heterocycles. The van der Waals surface area contributed by atoms with Gasteiger partial charge in [0.15, 0.2) is 12.4 Å². The molecule has 7 atom stereocenters. The number of esters is 2. The number of hydrogen-bond donors (Lipinski definition) is 1. The summed E-state index contributed by atoms with van der Waals surface area (Å²) < 4.78 is 11.1. The third kappa shape index (κ3) is 4.94. The van der Waals surface area contributed by atoms with Crippen LogP contribution >= 0.6 is 0 Å². The molecule has 4 rings (SSSR count). The van der Waals surface area contributed by atoms with Gasteiger partial charge in [-0.2, -0.15) is 0 Å². The van der Waals surface area contributed by atoms with Gasteiger partial charge in [-0.15, -0.1) is 0 Å². The molecule has 0 heterocycles. The molecule has 7 heteroatoms. The Kier molecular flexibility index (Phi) is 7.48. The molecule has 7 nitrogen and oxygen atoms in total. The minimum absolute atomic E-state index is 0.0212. The summed E-state index contributed by atoms with van der Waals surface area (Å²) in [5, 5.41) is 8.67. The SMILES string of the molecule is CC[C@H]1C[C@H]2[C@@H]3CCC4=CC(=O)CC[C@@H]4[C@H]3CC[C@]2(C)[C@H]1OC(=O)COC(=O)CCCC(=O)O. The van der Waals surface area contributed by atoms with Crippen molar-refractivity contribution in [2.24, 2.45) is 35.0 Å². The van der Waals surface area contributed by atoms with Crippen molar-refractivity contribution in [2.75, 3.05) is 6.61 Å². The number of rotatable bonds is 8. The monoisotopic (exact) mass is 474 g/mol. The van der Waals surface area contributed by atoms with Crippen molar-refractivity contribution in [3.63, 3.8) is 0 Å². The minimum Gasteiger partial charge on any atom is -0.481 e. The first-order valence-corrected chi connectivity index (χ1v) is 13.0. The van der Waals surface area contributed by atoms with Gasteiger partial charge in [0.2, 0.25) is 0 Å². The number of carbonyl (C=O) groups is 4. The van der Waals surface area contributed by atoms with Gasteiger partial charge < -0.3 is 14.6 Å². The first kappa shape index (κ1) is 24.9. The van der Waals surface area contributed by atoms with Crippen molar-refractivity contribution in [2.45, 2.75) is 90.6 Å². The first-order chi connectivity index (χ1) is 16.2. The summed E-state index contributed by atoms with van der Waals surface area (Å²) >= 11 is 0. The maximum atomic E-state index is 12.6. The van der Waals surface area contributed by atoms with E-state index in [1.807, 2.05) is 6.08 Å². The Labute approximate surface area is 201 Å². The van der Waals surface area contributed by atoms with Gasteiger partial charge in [0, 0.05) is 24.7 Å². The Balaban J connectivity index is 1.38. The van der Waals surface area contributed by atoms with Crippen LogP contribution in [-0.2, 0) is 28.7 Å². The normalized spacial score (nSPS) is 36.5. The van der Waals surface area contributed by atoms with Crippen LogP contribution < -0.4 is 0 Å². The van der Waals surface area contributed by atoms with Crippen molar-refractivity contribution in [1.29, 1.82) is 0 Å². The van der Waals surface area contributed by atoms with Crippen molar-refractivity contribution in [3.8, 4) is 0 Å². The number of hydrogen-bond acceptors (Lipinski definition) is 6. The summed E-state index contributed by atoms with van der Waals surface area (Å²) in [7, 11) is 0. The van der Waals surface area contributed by atoms with Crippen molar-refractivity contribution < 1.29 is 33.8 Å². The summed E-state index contributed by atoms with van der Waals surface area (Å²) in [6.45, 7) is 4.02. The Bertz CT molecular complexity index is 861. The van der Waals surface area contributed by atoms with E-state index in [1.165, 1.54) is 5.57 Å². The Morgan fingerprint density at radius 1 is 1.09 bits per heavy atom. The van der Waals surface area contributed by atoms with Gasteiger partial charge in [-0.25, -0.2) is 4.79 Å². The Morgan fingerprint density at radius 2 is 1.88 bits per heavy atom. The summed E-state index contributed by atoms with van der Waals surface area (Å²) in [6, 6.07) is 0. The highest BCUT2D eigenvalue weighted by Crippen LogP contribution is 2.64. The molecule has 0 radical (unpaired) electrons. The maximum Gasteiger partial charge on any atom is 0.344 e. The lowest BCUT2D eigenvalue weighted by molar-refractivity contribution is -0.171. The van der Waals surface area contributed by atoms with Gasteiger partial charge in [-0.1, -0.05) is 19.4 Å². The van der Waals surface area contributed by atoms with Gasteiger partial charge >= 0.3 is 17.9 Å². The van der Waals surface area contributed by atoms with Crippen molar-refractivity contribution in [1.82, 2.24) is 0 Å². The fraction of sp³-hybridized carbons (Fsp3) is 0.778. The van der Waals surface area contributed by atoms with Gasteiger partial charge in [0.05, 0.1) is 0 Å². The number of carboxylic acid groups (broad SMARTS) is 1. The van der Waals surface area contributed by atoms with Crippen LogP contribution in [0.1, 0.15) is 84.5 Å². The zero-order chi connectivity index (χ0) is 24.5. The van der Waals surface area contributed by atoms with Gasteiger partial charge in [0.25, 0.3) is 0 Å². The molecule has 34 heavy (non-hydrogen) atoms. The second kappa shape index (κ2) is 10.2. The number of ether oxygens (including phenoxy) is 2. The van der Waals surface area contributed by atoms with E-state index in [9.17, 15) is 19.2 Å². The molecule has 4 aliphatic carbocycles. The van der Waals surface area contributed by atoms with E-state index >= 15 is 0 Å². The maximum absolute atomic E-state index is 12.6. The number of ketones is 1. The summed E-state index contributed by atoms with van der Waals surface area (Å²) in [5.74, 6) is 0.829. The molecule has 4 aliphatic rings. The van der Waals surface area contributed by atoms with Crippen LogP contribution in [0, 0.1) is 35.0 Å². The summed E-state index contributed by atoms with van der Waals surface area (Å²) in [6.07, 6.45) is 9.74. The van der Waals surface area contributed by atoms with Crippen LogP contribution in [-0.4, -0.2) is 41.5 Å². The van der Waals surface area contributed by atoms with E-state index in [0.717, 1.165) is 44.9 Å². The molecule has 0 aromatic rings. The van der Waals surface area contributed by atoms with Crippen LogP contribution in [0.15, 0.2) is 11.6 Å². The predicted octanol–water partition coefficient (Wildman–Crippen LogP) is 4.47. The molecule has 0 amide bonds. The second-order valence-corrected chi connectivity index (χ2v) is 11.1. The molecular weight excluding hydrogens is 436 g/mol. The van der Waals surface area contributed by atoms with E-state index in [0.29, 0.717) is 36.0 Å². The molecular formula is C27H38O7. The Morgan fingerprint density at radius 3 is 2.62 bits per heavy atom. The van der Waals surface area contributed by atoms with Gasteiger partial charge in [0.1, 0.15) is 6.10 Å². The molecule has 0 spiro atoms. The number of allylic oxidation sites excluding steroid dienone is 1. The zero-order valence-electron chi connectivity index (χ0n) is 20.4. The van der Waals surface area contributed by atoms with E-state index < -0.39 is 24.5 Å². The molecule has 3 saturated carbocycles. The van der Waals surface area contributed by atoms with Crippen LogP contribution in [0.25, 0.3) is 0 Å². The van der Waals surface area contributed by atoms with E-state index in [4.69, 9.17) is 14.6 Å². The Hall–Kier alpha value is -2.18. The van der Waals surface area contributed by atoms with Crippen LogP contribution in [0.2, 0.25) is 0 Å². The molecule has 0 aromatic carbocycles. The standard InChI is InChI=1S/C27H38O7/c1-3-16-14-22-21-9-7-17-13-18(28)8-10-19(17)20(21)11-12-27(22,2)26(16)34-25(32)15-33-24(31)6-4-5-23(29)30/h13,16,19-22,26H,3-12,14-15H2,1-2H3,(H,29,30)/t16-,19-,20+,21+,22-,26-,27-/m0/s1. The highest BCUT2D eigenvalue weighted by molar-refractivity contribution is 5.91. The highest BCUT2D eigenvalue weighted by atomic mass is 16.6. The average molecular weight is 475 g/mol. The predicted molar refractivity (Wildman–Crippen MR) is 124 cm³/mol. The largest absolute Gasteiger partial charge is 0.481 e. The number of carbonyl (C=O) groups excluding carboxylic acids is 3. The first-order valence-electron chi connectivity index (χ1n) is 13.0. The van der Waals surface area contributed by atoms with Crippen LogP contribution in [0.5, 0.6) is 0 Å². The highest BCUT2D eigenvalue weighted by Gasteiger charge is 2.60. The second-order valence-electron chi connectivity index (χ2n) is 11.1. The topological polar surface area (TPSA) is 107 Å². The van der Waals surface area contributed by atoms with Crippen LogP contribution in [0.3, 0.4) is 0 Å². The number of fused-ring (bicyclic) bond motifs is 5. The lowest BCUT2D eigenvalue weighted by Crippen LogP contribution is -2.49. The van der Waals surface area contributed by atoms with Gasteiger partial charge in [-0.05, 0) is 87.0 Å². The fourth-order valence-corrected chi connectivity index (χ4v) is 7.70. The average Bonchev–Trinajstić information content (AvgIpc) is 3.08. The number of aliphatic carboxylic acids is 1. The lowest BCUT2D eigenvalue weighted by Gasteiger charge is -2.53. The molecule has 0 unspecified atom stereocenters. The molecule has 0 aromatic heterocycles.